The Labute approximate surface area is 180 Å². The Kier molecular flexibility index (Phi) is 24.7. The van der Waals surface area contributed by atoms with Crippen LogP contribution in [-0.2, 0) is 43.6 Å². The zero-order valence-corrected chi connectivity index (χ0v) is 22.7. The molecule has 0 N–H and O–H groups in total. The molecule has 0 aromatic heterocycles. The van der Waals surface area contributed by atoms with Crippen LogP contribution < -0.4 is 4.89 Å². The maximum atomic E-state index is 12.1. The van der Waals surface area contributed by atoms with Crippen LogP contribution in [0.15, 0.2) is 0 Å². The fourth-order valence-corrected chi connectivity index (χ4v) is 5.89. The minimum atomic E-state index is -2.82. The second-order valence-corrected chi connectivity index (χ2v) is 12.5. The van der Waals surface area contributed by atoms with E-state index in [1.165, 1.54) is 88.4 Å². The second kappa shape index (κ2) is 21.1. The van der Waals surface area contributed by atoms with Gasteiger partial charge in [0.15, 0.2) is 0 Å². The van der Waals surface area contributed by atoms with Gasteiger partial charge in [0.25, 0.3) is 0 Å². The van der Waals surface area contributed by atoms with E-state index < -0.39 is 5.69 Å². The molecule has 0 saturated carbocycles. The Balaban J connectivity index is 0. The number of hydrogen-bond acceptors (Lipinski definition) is 4. The summed E-state index contributed by atoms with van der Waals surface area (Å²) in [6.07, 6.45) is 17.7. The topological polar surface area (TPSA) is 32.3 Å². The van der Waals surface area contributed by atoms with Crippen LogP contribution in [0, 0.1) is 0 Å². The molecule has 0 aliphatic rings. The molecule has 0 rings (SSSR count). The quantitative estimate of drug-likeness (QED) is 0.119. The normalized spacial score (nSPS) is 13.5. The fourth-order valence-electron chi connectivity index (χ4n) is 2.51. The third kappa shape index (κ3) is 21.9. The number of unbranched alkanes of at least 4 members (excludes halogenated alkanes) is 12. The van der Waals surface area contributed by atoms with Gasteiger partial charge in [-0.05, 0) is 18.6 Å². The number of hydrogen-bond donors (Lipinski definition) is 0. The van der Waals surface area contributed by atoms with Gasteiger partial charge in [-0.3, -0.25) is 0 Å². The van der Waals surface area contributed by atoms with Gasteiger partial charge in [0.2, 0.25) is 0 Å². The largest absolute Gasteiger partial charge is 1.00 e. The molecule has 0 aliphatic heterocycles. The standard InChI is InChI=1S/C18H39O2PS2.Cd/c1-3-5-7-9-11-13-15-17-20-21(19,22)23-18-16-14-12-10-8-6-4-2;/h3-18H2,1-2H3,(H,19,22);/q;+1/p-1. The SMILES string of the molecule is CCCCCCCCCOP([O-])(=S)SCCCCCCCCC.[Cd+]. The summed E-state index contributed by atoms with van der Waals surface area (Å²) in [5.41, 5.74) is -2.82. The van der Waals surface area contributed by atoms with E-state index in [4.69, 9.17) is 16.3 Å². The van der Waals surface area contributed by atoms with Crippen LogP contribution in [0.3, 0.4) is 0 Å². The number of rotatable bonds is 18. The van der Waals surface area contributed by atoms with Crippen LogP contribution in [0.5, 0.6) is 0 Å². The summed E-state index contributed by atoms with van der Waals surface area (Å²) in [6.45, 7) is 5.04. The fraction of sp³-hybridized carbons (Fsp3) is 1.00. The average Bonchev–Trinajstić information content (AvgIpc) is 2.52. The van der Waals surface area contributed by atoms with Crippen molar-refractivity contribution in [2.24, 2.45) is 0 Å². The molecule has 0 aliphatic carbocycles. The van der Waals surface area contributed by atoms with E-state index in [0.29, 0.717) is 6.61 Å². The first kappa shape index (κ1) is 28.1. The van der Waals surface area contributed by atoms with Crippen LogP contribution in [0.25, 0.3) is 0 Å². The van der Waals surface area contributed by atoms with E-state index in [2.05, 4.69) is 13.8 Å². The summed E-state index contributed by atoms with van der Waals surface area (Å²) >= 11 is 6.48. The van der Waals surface area contributed by atoms with Crippen LogP contribution in [-0.4, -0.2) is 12.4 Å². The first-order valence-corrected chi connectivity index (χ1v) is 14.0. The minimum Gasteiger partial charge on any atom is -0.793 e. The molecule has 0 spiro atoms. The van der Waals surface area contributed by atoms with Crippen molar-refractivity contribution in [2.45, 2.75) is 104 Å². The van der Waals surface area contributed by atoms with Crippen molar-refractivity contribution < 1.29 is 36.7 Å². The second-order valence-electron chi connectivity index (χ2n) is 6.36. The third-order valence-corrected chi connectivity index (χ3v) is 8.36. The summed E-state index contributed by atoms with van der Waals surface area (Å²) in [6, 6.07) is 0. The van der Waals surface area contributed by atoms with E-state index >= 15 is 0 Å². The van der Waals surface area contributed by atoms with Gasteiger partial charge in [-0.25, -0.2) is 0 Å². The van der Waals surface area contributed by atoms with Crippen molar-refractivity contribution in [3.05, 3.63) is 0 Å². The Morgan fingerprint density at radius 3 is 1.67 bits per heavy atom. The first-order chi connectivity index (χ1) is 11.1. The van der Waals surface area contributed by atoms with Gasteiger partial charge in [0.1, 0.15) is 0 Å². The van der Waals surface area contributed by atoms with E-state index in [9.17, 15) is 4.89 Å². The molecular formula is C18H38CdO2PS2. The monoisotopic (exact) mass is 495 g/mol. The summed E-state index contributed by atoms with van der Waals surface area (Å²) < 4.78 is 5.45. The summed E-state index contributed by atoms with van der Waals surface area (Å²) in [4.78, 5) is 12.1. The van der Waals surface area contributed by atoms with Gasteiger partial charge in [-0.1, -0.05) is 103 Å². The maximum absolute atomic E-state index is 12.1. The van der Waals surface area contributed by atoms with Gasteiger partial charge in [0, 0.05) is 5.69 Å². The minimum absolute atomic E-state index is 0. The van der Waals surface area contributed by atoms with E-state index in [1.54, 1.807) is 0 Å². The van der Waals surface area contributed by atoms with Gasteiger partial charge in [-0.2, -0.15) is 0 Å². The first-order valence-electron chi connectivity index (χ1n) is 9.72. The van der Waals surface area contributed by atoms with Crippen molar-refractivity contribution in [3.8, 4) is 0 Å². The molecule has 0 heterocycles. The smallest absolute Gasteiger partial charge is 0.793 e. The molecule has 0 aromatic rings. The molecule has 6 heteroatoms. The molecule has 141 valence electrons. The zero-order valence-electron chi connectivity index (χ0n) is 16.1. The van der Waals surface area contributed by atoms with Crippen molar-refractivity contribution in [1.29, 1.82) is 0 Å². The zero-order chi connectivity index (χ0) is 17.2. The van der Waals surface area contributed by atoms with Crippen LogP contribution >= 0.6 is 17.1 Å². The molecule has 1 radical (unpaired) electrons. The molecule has 2 nitrogen and oxygen atoms in total. The molecule has 0 saturated heterocycles. The van der Waals surface area contributed by atoms with E-state index in [0.717, 1.165) is 18.6 Å². The van der Waals surface area contributed by atoms with Gasteiger partial charge < -0.3 is 9.42 Å². The van der Waals surface area contributed by atoms with E-state index in [-0.39, 0.29) is 27.3 Å². The molecule has 0 amide bonds. The van der Waals surface area contributed by atoms with Crippen LogP contribution in [0.2, 0.25) is 0 Å². The Bertz CT molecular complexity index is 270. The molecule has 0 fully saturated rings. The summed E-state index contributed by atoms with van der Waals surface area (Å²) in [7, 11) is 0. The molecule has 1 unspecified atom stereocenters. The maximum Gasteiger partial charge on any atom is 1.00 e. The van der Waals surface area contributed by atoms with Crippen molar-refractivity contribution >= 4 is 28.9 Å². The van der Waals surface area contributed by atoms with Gasteiger partial charge >= 0.3 is 27.3 Å². The molecule has 0 bridgehead atoms. The van der Waals surface area contributed by atoms with Crippen molar-refractivity contribution in [3.63, 3.8) is 0 Å². The van der Waals surface area contributed by atoms with E-state index in [1.807, 2.05) is 0 Å². The van der Waals surface area contributed by atoms with Crippen molar-refractivity contribution in [2.75, 3.05) is 12.4 Å². The van der Waals surface area contributed by atoms with Crippen molar-refractivity contribution in [1.82, 2.24) is 0 Å². The summed E-state index contributed by atoms with van der Waals surface area (Å²) in [5.74, 6) is 0.881. The molecule has 24 heavy (non-hydrogen) atoms. The Morgan fingerprint density at radius 2 is 1.17 bits per heavy atom. The Hall–Kier alpha value is 1.84. The van der Waals surface area contributed by atoms with Gasteiger partial charge in [0.05, 0.1) is 6.61 Å². The van der Waals surface area contributed by atoms with Crippen LogP contribution in [0.1, 0.15) is 104 Å². The molecular weight excluding hydrogens is 456 g/mol. The summed E-state index contributed by atoms with van der Waals surface area (Å²) in [5, 5.41) is 0. The molecule has 0 aromatic carbocycles. The predicted molar refractivity (Wildman–Crippen MR) is 109 cm³/mol. The third-order valence-electron chi connectivity index (χ3n) is 3.99. The Morgan fingerprint density at radius 1 is 0.750 bits per heavy atom. The van der Waals surface area contributed by atoms with Gasteiger partial charge in [-0.15, -0.1) is 11.4 Å². The van der Waals surface area contributed by atoms with Crippen LogP contribution in [0.4, 0.5) is 0 Å². The molecule has 1 atom stereocenters. The predicted octanol–water partition coefficient (Wildman–Crippen LogP) is 6.82. The average molecular weight is 494 g/mol.